The lowest BCUT2D eigenvalue weighted by molar-refractivity contribution is -0.187. The molecule has 0 aliphatic carbocycles. The number of hydrogen-bond donors (Lipinski definition) is 0. The molecule has 0 bridgehead atoms. The van der Waals surface area contributed by atoms with Gasteiger partial charge in [-0.25, -0.2) is 0 Å². The van der Waals surface area contributed by atoms with E-state index in [1.807, 2.05) is 36.4 Å². The van der Waals surface area contributed by atoms with Crippen molar-refractivity contribution < 1.29 is 19.1 Å². The SMILES string of the molecule is CC(C)(C)c1ccc(C(=O)C[C@]2(C)C(=O)O[C@H](c3ccc(Br)cc3)C(C)(C)C2=O)cc1. The molecule has 0 saturated carbocycles. The molecule has 1 aliphatic heterocycles. The topological polar surface area (TPSA) is 60.4 Å². The first-order chi connectivity index (χ1) is 14.3. The van der Waals surface area contributed by atoms with E-state index in [0.717, 1.165) is 15.6 Å². The van der Waals surface area contributed by atoms with Crippen molar-refractivity contribution in [2.24, 2.45) is 10.8 Å². The van der Waals surface area contributed by atoms with Gasteiger partial charge >= 0.3 is 5.97 Å². The van der Waals surface area contributed by atoms with Crippen LogP contribution in [-0.4, -0.2) is 17.5 Å². The fourth-order valence-electron chi connectivity index (χ4n) is 4.16. The third-order valence-electron chi connectivity index (χ3n) is 6.18. The molecule has 0 spiro atoms. The quantitative estimate of drug-likeness (QED) is 0.293. The van der Waals surface area contributed by atoms with Gasteiger partial charge in [0.2, 0.25) is 0 Å². The number of ether oxygens (including phenoxy) is 1. The van der Waals surface area contributed by atoms with Crippen LogP contribution in [0.4, 0.5) is 0 Å². The molecule has 2 aromatic carbocycles. The molecule has 0 radical (unpaired) electrons. The van der Waals surface area contributed by atoms with Crippen molar-refractivity contribution >= 4 is 33.5 Å². The van der Waals surface area contributed by atoms with E-state index in [9.17, 15) is 14.4 Å². The summed E-state index contributed by atoms with van der Waals surface area (Å²) in [6.07, 6.45) is -0.911. The van der Waals surface area contributed by atoms with Crippen molar-refractivity contribution in [2.75, 3.05) is 0 Å². The smallest absolute Gasteiger partial charge is 0.320 e. The second-order valence-electron chi connectivity index (χ2n) is 10.1. The summed E-state index contributed by atoms with van der Waals surface area (Å²) in [4.78, 5) is 39.5. The Hall–Kier alpha value is -2.27. The van der Waals surface area contributed by atoms with Crippen molar-refractivity contribution in [3.63, 3.8) is 0 Å². The van der Waals surface area contributed by atoms with Gasteiger partial charge in [-0.15, -0.1) is 0 Å². The molecule has 1 fully saturated rings. The summed E-state index contributed by atoms with van der Waals surface area (Å²) in [7, 11) is 0. The standard InChI is InChI=1S/C26H29BrO4/c1-24(2,3)18-11-7-16(8-12-18)20(28)15-26(6)22(29)25(4,5)21(31-23(26)30)17-9-13-19(27)14-10-17/h7-14,21H,15H2,1-6H3/t21-,26+/m1/s1. The first-order valence-corrected chi connectivity index (χ1v) is 11.2. The van der Waals surface area contributed by atoms with Gasteiger partial charge in [0.1, 0.15) is 11.5 Å². The van der Waals surface area contributed by atoms with Gasteiger partial charge < -0.3 is 4.74 Å². The van der Waals surface area contributed by atoms with Crippen molar-refractivity contribution in [2.45, 2.75) is 59.5 Å². The van der Waals surface area contributed by atoms with E-state index in [1.54, 1.807) is 26.0 Å². The highest BCUT2D eigenvalue weighted by Crippen LogP contribution is 2.49. The van der Waals surface area contributed by atoms with Crippen LogP contribution in [0.15, 0.2) is 53.0 Å². The molecule has 31 heavy (non-hydrogen) atoms. The lowest BCUT2D eigenvalue weighted by Crippen LogP contribution is -2.54. The Bertz CT molecular complexity index is 1010. The van der Waals surface area contributed by atoms with Crippen LogP contribution < -0.4 is 0 Å². The average Bonchev–Trinajstić information content (AvgIpc) is 2.70. The van der Waals surface area contributed by atoms with E-state index in [0.29, 0.717) is 5.56 Å². The summed E-state index contributed by atoms with van der Waals surface area (Å²) in [6.45, 7) is 11.4. The summed E-state index contributed by atoms with van der Waals surface area (Å²) in [5, 5.41) is 0. The Labute approximate surface area is 192 Å². The maximum Gasteiger partial charge on any atom is 0.320 e. The summed E-state index contributed by atoms with van der Waals surface area (Å²) < 4.78 is 6.69. The number of hydrogen-bond acceptors (Lipinski definition) is 4. The summed E-state index contributed by atoms with van der Waals surface area (Å²) in [5.74, 6) is -1.17. The van der Waals surface area contributed by atoms with E-state index in [-0.39, 0.29) is 23.4 Å². The molecule has 0 unspecified atom stereocenters. The number of rotatable bonds is 4. The zero-order chi connectivity index (χ0) is 23.2. The predicted molar refractivity (Wildman–Crippen MR) is 124 cm³/mol. The number of carbonyl (C=O) groups is 3. The van der Waals surface area contributed by atoms with E-state index >= 15 is 0 Å². The van der Waals surface area contributed by atoms with E-state index in [2.05, 4.69) is 36.7 Å². The highest BCUT2D eigenvalue weighted by atomic mass is 79.9. The Kier molecular flexibility index (Phi) is 6.05. The van der Waals surface area contributed by atoms with Gasteiger partial charge in [-0.05, 0) is 49.4 Å². The van der Waals surface area contributed by atoms with Crippen molar-refractivity contribution in [1.82, 2.24) is 0 Å². The molecule has 2 atom stereocenters. The summed E-state index contributed by atoms with van der Waals surface area (Å²) in [6, 6.07) is 14.7. The number of halogens is 1. The molecule has 1 heterocycles. The minimum atomic E-state index is -1.52. The predicted octanol–water partition coefficient (Wildman–Crippen LogP) is 6.22. The third kappa shape index (κ3) is 4.38. The largest absolute Gasteiger partial charge is 0.456 e. The van der Waals surface area contributed by atoms with E-state index < -0.39 is 22.9 Å². The van der Waals surface area contributed by atoms with E-state index in [4.69, 9.17) is 4.74 Å². The lowest BCUT2D eigenvalue weighted by Gasteiger charge is -2.44. The number of carbonyl (C=O) groups excluding carboxylic acids is 3. The molecule has 5 heteroatoms. The van der Waals surface area contributed by atoms with E-state index in [1.165, 1.54) is 6.92 Å². The minimum Gasteiger partial charge on any atom is -0.456 e. The van der Waals surface area contributed by atoms with Gasteiger partial charge in [0, 0.05) is 16.5 Å². The summed E-state index contributed by atoms with van der Waals surface area (Å²) in [5.41, 5.74) is -0.157. The molecule has 1 aliphatic rings. The minimum absolute atomic E-state index is 0.0250. The van der Waals surface area contributed by atoms with Crippen LogP contribution in [0.25, 0.3) is 0 Å². The maximum absolute atomic E-state index is 13.5. The Morgan fingerprint density at radius 3 is 2.03 bits per heavy atom. The highest BCUT2D eigenvalue weighted by molar-refractivity contribution is 9.10. The molecule has 0 amide bonds. The Balaban J connectivity index is 1.86. The van der Waals surface area contributed by atoms with Crippen molar-refractivity contribution in [3.8, 4) is 0 Å². The first-order valence-electron chi connectivity index (χ1n) is 10.4. The van der Waals surface area contributed by atoms with Gasteiger partial charge in [-0.3, -0.25) is 14.4 Å². The van der Waals surface area contributed by atoms with Gasteiger partial charge in [-0.1, -0.05) is 73.1 Å². The first kappa shape index (κ1) is 23.4. The van der Waals surface area contributed by atoms with Gasteiger partial charge in [-0.2, -0.15) is 0 Å². The average molecular weight is 485 g/mol. The molecule has 0 N–H and O–H groups in total. The second kappa shape index (κ2) is 8.01. The Morgan fingerprint density at radius 1 is 0.968 bits per heavy atom. The molecular formula is C26H29BrO4. The number of Topliss-reactive ketones (excluding diaryl/α,β-unsaturated/α-hetero) is 2. The zero-order valence-corrected chi connectivity index (χ0v) is 20.5. The van der Waals surface area contributed by atoms with Crippen molar-refractivity contribution in [1.29, 1.82) is 0 Å². The number of esters is 1. The van der Waals surface area contributed by atoms with Gasteiger partial charge in [0.05, 0.1) is 5.41 Å². The van der Waals surface area contributed by atoms with Crippen LogP contribution in [0.3, 0.4) is 0 Å². The Morgan fingerprint density at radius 2 is 1.52 bits per heavy atom. The normalized spacial score (nSPS) is 23.4. The molecule has 0 aromatic heterocycles. The fraction of sp³-hybridized carbons (Fsp3) is 0.423. The van der Waals surface area contributed by atoms with Crippen LogP contribution >= 0.6 is 15.9 Å². The second-order valence-corrected chi connectivity index (χ2v) is 11.1. The van der Waals surface area contributed by atoms with Gasteiger partial charge in [0.15, 0.2) is 11.6 Å². The number of benzene rings is 2. The van der Waals surface area contributed by atoms with Crippen LogP contribution in [0.5, 0.6) is 0 Å². The molecule has 1 saturated heterocycles. The maximum atomic E-state index is 13.5. The van der Waals surface area contributed by atoms with Crippen LogP contribution in [-0.2, 0) is 19.7 Å². The monoisotopic (exact) mass is 484 g/mol. The molecule has 3 rings (SSSR count). The van der Waals surface area contributed by atoms with Crippen LogP contribution in [0.1, 0.15) is 75.6 Å². The number of cyclic esters (lactones) is 1. The van der Waals surface area contributed by atoms with Gasteiger partial charge in [0.25, 0.3) is 0 Å². The third-order valence-corrected chi connectivity index (χ3v) is 6.71. The fourth-order valence-corrected chi connectivity index (χ4v) is 4.43. The number of ketones is 2. The van der Waals surface area contributed by atoms with Crippen molar-refractivity contribution in [3.05, 3.63) is 69.7 Å². The zero-order valence-electron chi connectivity index (χ0n) is 18.9. The summed E-state index contributed by atoms with van der Waals surface area (Å²) >= 11 is 3.39. The van der Waals surface area contributed by atoms with Crippen LogP contribution in [0.2, 0.25) is 0 Å². The molecule has 4 nitrogen and oxygen atoms in total. The highest BCUT2D eigenvalue weighted by Gasteiger charge is 2.58. The molecule has 164 valence electrons. The van der Waals surface area contributed by atoms with Crippen LogP contribution in [0, 0.1) is 10.8 Å². The molecular weight excluding hydrogens is 456 g/mol. The lowest BCUT2D eigenvalue weighted by atomic mass is 9.64. The molecule has 2 aromatic rings.